The van der Waals surface area contributed by atoms with Crippen LogP contribution in [0.25, 0.3) is 10.9 Å². The molecule has 1 aromatic heterocycles. The minimum Gasteiger partial charge on any atom is -0.493 e. The molecule has 0 amide bonds. The second-order valence-corrected chi connectivity index (χ2v) is 10.9. The fourth-order valence-corrected chi connectivity index (χ4v) is 5.60. The Morgan fingerprint density at radius 2 is 1.68 bits per heavy atom. The van der Waals surface area contributed by atoms with Crippen molar-refractivity contribution in [3.05, 3.63) is 52.6 Å². The number of sulfonamides is 1. The van der Waals surface area contributed by atoms with Gasteiger partial charge in [0.15, 0.2) is 5.69 Å². The lowest BCUT2D eigenvalue weighted by molar-refractivity contribution is -0.385. The largest absolute Gasteiger partial charge is 0.493 e. The highest BCUT2D eigenvalue weighted by molar-refractivity contribution is 7.89. The monoisotopic (exact) mass is 487 g/mol. The predicted molar refractivity (Wildman–Crippen MR) is 130 cm³/mol. The topological polar surface area (TPSA) is 130 Å². The quantitative estimate of drug-likeness (QED) is 0.241. The number of rotatable bonds is 9. The number of para-hydroxylation sites is 1. The molecule has 1 heterocycles. The van der Waals surface area contributed by atoms with Gasteiger partial charge in [0, 0.05) is 37.7 Å². The van der Waals surface area contributed by atoms with Gasteiger partial charge in [-0.3, -0.25) is 10.1 Å². The fraction of sp³-hybridized carbons (Fsp3) is 0.391. The van der Waals surface area contributed by atoms with E-state index in [1.54, 1.807) is 23.7 Å². The molecule has 0 fully saturated rings. The number of fused-ring (bicyclic) bond motifs is 1. The lowest BCUT2D eigenvalue weighted by Gasteiger charge is -2.26. The van der Waals surface area contributed by atoms with Crippen LogP contribution in [-0.4, -0.2) is 40.4 Å². The van der Waals surface area contributed by atoms with Crippen LogP contribution in [0.4, 0.5) is 17.1 Å². The van der Waals surface area contributed by atoms with Crippen LogP contribution in [0.1, 0.15) is 27.7 Å². The number of nitrogens with zero attached hydrogens (tertiary/aromatic N) is 5. The summed E-state index contributed by atoms with van der Waals surface area (Å²) in [5.41, 5.74) is 0.501. The number of hydrogen-bond acceptors (Lipinski definition) is 7. The number of azo groups is 1. The van der Waals surface area contributed by atoms with E-state index in [-0.39, 0.29) is 52.8 Å². The number of aromatic hydroxyl groups is 1. The first-order valence-corrected chi connectivity index (χ1v) is 12.3. The summed E-state index contributed by atoms with van der Waals surface area (Å²) in [6, 6.07) is 10.7. The highest BCUT2D eigenvalue weighted by atomic mass is 32.2. The van der Waals surface area contributed by atoms with Crippen LogP contribution in [0.2, 0.25) is 0 Å². The van der Waals surface area contributed by atoms with Crippen molar-refractivity contribution < 1.29 is 18.4 Å². The molecule has 0 aliphatic carbocycles. The third-order valence-electron chi connectivity index (χ3n) is 5.22. The first-order chi connectivity index (χ1) is 15.9. The highest BCUT2D eigenvalue weighted by Gasteiger charge is 2.30. The van der Waals surface area contributed by atoms with Crippen molar-refractivity contribution in [1.82, 2.24) is 8.87 Å². The number of non-ortho nitro benzene ring substituents is 1. The van der Waals surface area contributed by atoms with E-state index < -0.39 is 14.9 Å². The standard InChI is InChI=1S/C23H29N5O5S/c1-15(2)13-27(14-16(3)4)34(32,33)21-12-17(28(30)31)10-11-19(21)24-25-22-18-8-6-7-9-20(18)26(5)23(22)29/h6-12,15-16,29H,13-14H2,1-5H3. The van der Waals surface area contributed by atoms with Crippen molar-refractivity contribution in [3.63, 3.8) is 0 Å². The molecular formula is C23H29N5O5S. The van der Waals surface area contributed by atoms with E-state index in [1.165, 1.54) is 16.4 Å². The van der Waals surface area contributed by atoms with E-state index >= 15 is 0 Å². The minimum absolute atomic E-state index is 0.0459. The Bertz CT molecular complexity index is 1340. The number of nitro benzene ring substituents is 1. The normalized spacial score (nSPS) is 12.6. The first-order valence-electron chi connectivity index (χ1n) is 10.9. The minimum atomic E-state index is -4.12. The summed E-state index contributed by atoms with van der Waals surface area (Å²) < 4.78 is 30.2. The maximum Gasteiger partial charge on any atom is 0.270 e. The van der Waals surface area contributed by atoms with E-state index in [1.807, 2.05) is 39.8 Å². The van der Waals surface area contributed by atoms with Gasteiger partial charge >= 0.3 is 0 Å². The summed E-state index contributed by atoms with van der Waals surface area (Å²) >= 11 is 0. The Morgan fingerprint density at radius 1 is 1.06 bits per heavy atom. The maximum atomic E-state index is 13.6. The maximum absolute atomic E-state index is 13.6. The van der Waals surface area contributed by atoms with Crippen molar-refractivity contribution in [2.45, 2.75) is 32.6 Å². The predicted octanol–water partition coefficient (Wildman–Crippen LogP) is 5.51. The van der Waals surface area contributed by atoms with E-state index in [2.05, 4.69) is 10.2 Å². The van der Waals surface area contributed by atoms with Gasteiger partial charge in [-0.1, -0.05) is 45.9 Å². The zero-order valence-corrected chi connectivity index (χ0v) is 20.7. The summed E-state index contributed by atoms with van der Waals surface area (Å²) in [6.45, 7) is 8.12. The number of aromatic nitrogens is 1. The molecule has 0 spiro atoms. The van der Waals surface area contributed by atoms with Crippen LogP contribution in [0, 0.1) is 22.0 Å². The molecule has 1 N–H and O–H groups in total. The van der Waals surface area contributed by atoms with Crippen LogP contribution in [0.15, 0.2) is 57.6 Å². The van der Waals surface area contributed by atoms with E-state index in [9.17, 15) is 23.6 Å². The summed E-state index contributed by atoms with van der Waals surface area (Å²) in [7, 11) is -2.45. The molecule has 182 valence electrons. The first kappa shape index (κ1) is 25.3. The van der Waals surface area contributed by atoms with Crippen molar-refractivity contribution in [2.75, 3.05) is 13.1 Å². The molecule has 10 nitrogen and oxygen atoms in total. The number of hydrogen-bond donors (Lipinski definition) is 1. The molecule has 0 aliphatic heterocycles. The van der Waals surface area contributed by atoms with Crippen molar-refractivity contribution in [3.8, 4) is 5.88 Å². The smallest absolute Gasteiger partial charge is 0.270 e. The lowest BCUT2D eigenvalue weighted by atomic mass is 10.2. The molecular weight excluding hydrogens is 458 g/mol. The van der Waals surface area contributed by atoms with Gasteiger partial charge in [0.1, 0.15) is 10.6 Å². The molecule has 0 saturated carbocycles. The molecule has 2 aromatic carbocycles. The van der Waals surface area contributed by atoms with Crippen LogP contribution < -0.4 is 0 Å². The second kappa shape index (κ2) is 9.90. The third-order valence-corrected chi connectivity index (χ3v) is 7.08. The molecule has 0 atom stereocenters. The summed E-state index contributed by atoms with van der Waals surface area (Å²) in [5, 5.41) is 30.8. The molecule has 11 heteroatoms. The highest BCUT2D eigenvalue weighted by Crippen LogP contribution is 2.40. The average Bonchev–Trinajstić information content (AvgIpc) is 3.01. The third kappa shape index (κ3) is 5.10. The summed E-state index contributed by atoms with van der Waals surface area (Å²) in [5.74, 6) is -0.0348. The Hall–Kier alpha value is -3.31. The zero-order valence-electron chi connectivity index (χ0n) is 19.8. The Balaban J connectivity index is 2.17. The van der Waals surface area contributed by atoms with Gasteiger partial charge in [0.05, 0.1) is 10.4 Å². The SMILES string of the molecule is CC(C)CN(CC(C)C)S(=O)(=O)c1cc([N+](=O)[O-])ccc1N=Nc1c(O)n(C)c2ccccc12. The van der Waals surface area contributed by atoms with Gasteiger partial charge in [0.2, 0.25) is 15.9 Å². The van der Waals surface area contributed by atoms with Gasteiger partial charge < -0.3 is 9.67 Å². The average molecular weight is 488 g/mol. The van der Waals surface area contributed by atoms with Gasteiger partial charge in [-0.25, -0.2) is 8.42 Å². The molecule has 0 aliphatic rings. The molecule has 34 heavy (non-hydrogen) atoms. The van der Waals surface area contributed by atoms with Gasteiger partial charge in [-0.15, -0.1) is 10.2 Å². The zero-order chi connectivity index (χ0) is 25.2. The molecule has 3 rings (SSSR count). The number of aryl methyl sites for hydroxylation is 1. The number of nitro groups is 1. The Kier molecular flexibility index (Phi) is 7.37. The van der Waals surface area contributed by atoms with Gasteiger partial charge in [-0.05, 0) is 24.0 Å². The fourth-order valence-electron chi connectivity index (χ4n) is 3.69. The number of benzene rings is 2. The Morgan fingerprint density at radius 3 is 2.26 bits per heavy atom. The van der Waals surface area contributed by atoms with Crippen LogP contribution in [0.5, 0.6) is 5.88 Å². The molecule has 0 bridgehead atoms. The molecule has 3 aromatic rings. The summed E-state index contributed by atoms with van der Waals surface area (Å²) in [4.78, 5) is 10.5. The van der Waals surface area contributed by atoms with Crippen molar-refractivity contribution in [2.24, 2.45) is 29.1 Å². The van der Waals surface area contributed by atoms with Crippen molar-refractivity contribution >= 4 is 38.0 Å². The van der Waals surface area contributed by atoms with E-state index in [0.29, 0.717) is 5.39 Å². The van der Waals surface area contributed by atoms with E-state index in [0.717, 1.165) is 11.6 Å². The van der Waals surface area contributed by atoms with Crippen LogP contribution in [0.3, 0.4) is 0 Å². The molecule has 0 unspecified atom stereocenters. The van der Waals surface area contributed by atoms with Crippen LogP contribution >= 0.6 is 0 Å². The molecule has 0 radical (unpaired) electrons. The molecule has 0 saturated heterocycles. The van der Waals surface area contributed by atoms with Crippen molar-refractivity contribution in [1.29, 1.82) is 0 Å². The second-order valence-electron chi connectivity index (χ2n) is 8.97. The van der Waals surface area contributed by atoms with Gasteiger partial charge in [-0.2, -0.15) is 4.31 Å². The van der Waals surface area contributed by atoms with Crippen LogP contribution in [-0.2, 0) is 17.1 Å². The summed E-state index contributed by atoms with van der Waals surface area (Å²) in [6.07, 6.45) is 0. The van der Waals surface area contributed by atoms with E-state index in [4.69, 9.17) is 0 Å². The van der Waals surface area contributed by atoms with Gasteiger partial charge in [0.25, 0.3) is 5.69 Å². The lowest BCUT2D eigenvalue weighted by Crippen LogP contribution is -2.37. The Labute approximate surface area is 198 Å².